The molecule has 27 heavy (non-hydrogen) atoms. The summed E-state index contributed by atoms with van der Waals surface area (Å²) < 4.78 is 16.6. The number of carbonyl (C=O) groups is 1. The summed E-state index contributed by atoms with van der Waals surface area (Å²) in [4.78, 5) is 13.3. The van der Waals surface area contributed by atoms with Crippen molar-refractivity contribution in [3.8, 4) is 11.5 Å². The predicted octanol–water partition coefficient (Wildman–Crippen LogP) is 3.35. The van der Waals surface area contributed by atoms with Crippen LogP contribution in [0.15, 0.2) is 48.5 Å². The molecule has 5 nitrogen and oxygen atoms in total. The van der Waals surface area contributed by atoms with Crippen molar-refractivity contribution in [3.05, 3.63) is 59.7 Å². The monoisotopic (exact) mass is 371 g/mol. The largest absolute Gasteiger partial charge is 0.497 e. The summed E-state index contributed by atoms with van der Waals surface area (Å²) in [6, 6.07) is 16.1. The molecule has 0 saturated carbocycles. The van der Waals surface area contributed by atoms with Gasteiger partial charge in [-0.25, -0.2) is 0 Å². The predicted molar refractivity (Wildman–Crippen MR) is 106 cm³/mol. The van der Waals surface area contributed by atoms with E-state index in [4.69, 9.17) is 14.2 Å². The van der Waals surface area contributed by atoms with E-state index >= 15 is 0 Å². The van der Waals surface area contributed by atoms with Gasteiger partial charge in [0.1, 0.15) is 24.2 Å². The number of carbonyl (C=O) groups excluding carboxylic acids is 1. The molecule has 0 aliphatic rings. The second-order valence-electron chi connectivity index (χ2n) is 6.76. The maximum absolute atomic E-state index is 11.3. The third-order valence-corrected chi connectivity index (χ3v) is 4.14. The highest BCUT2D eigenvalue weighted by Crippen LogP contribution is 2.21. The van der Waals surface area contributed by atoms with Crippen LogP contribution in [0.2, 0.25) is 0 Å². The molecule has 1 unspecified atom stereocenters. The number of esters is 1. The molecular formula is C22H29NO4. The highest BCUT2D eigenvalue weighted by Gasteiger charge is 2.15. The first kappa shape index (κ1) is 20.8. The Morgan fingerprint density at radius 2 is 1.74 bits per heavy atom. The lowest BCUT2D eigenvalue weighted by molar-refractivity contribution is -0.148. The van der Waals surface area contributed by atoms with E-state index in [-0.39, 0.29) is 12.1 Å². The first-order valence-electron chi connectivity index (χ1n) is 9.13. The summed E-state index contributed by atoms with van der Waals surface area (Å²) in [6.07, 6.45) is 1.48. The Bertz CT molecular complexity index is 713. The van der Waals surface area contributed by atoms with E-state index in [1.54, 1.807) is 7.11 Å². The molecule has 0 aliphatic heterocycles. The van der Waals surface area contributed by atoms with Gasteiger partial charge in [-0.1, -0.05) is 30.3 Å². The molecule has 0 fully saturated rings. The van der Waals surface area contributed by atoms with Crippen LogP contribution in [0.4, 0.5) is 0 Å². The van der Waals surface area contributed by atoms with E-state index in [1.165, 1.54) is 12.5 Å². The molecule has 0 spiro atoms. The first-order chi connectivity index (χ1) is 13.0. The minimum Gasteiger partial charge on any atom is -0.497 e. The van der Waals surface area contributed by atoms with Crippen molar-refractivity contribution in [2.24, 2.45) is 0 Å². The van der Waals surface area contributed by atoms with Crippen LogP contribution in [0, 0.1) is 0 Å². The van der Waals surface area contributed by atoms with Gasteiger partial charge < -0.3 is 19.1 Å². The maximum atomic E-state index is 11.3. The second-order valence-corrected chi connectivity index (χ2v) is 6.76. The van der Waals surface area contributed by atoms with Crippen molar-refractivity contribution in [3.63, 3.8) is 0 Å². The third-order valence-electron chi connectivity index (χ3n) is 4.14. The number of methoxy groups -OCH3 is 1. The van der Waals surface area contributed by atoms with Gasteiger partial charge in [-0.05, 0) is 56.3 Å². The van der Waals surface area contributed by atoms with Crippen molar-refractivity contribution < 1.29 is 19.0 Å². The average Bonchev–Trinajstić information content (AvgIpc) is 2.64. The van der Waals surface area contributed by atoms with E-state index in [2.05, 4.69) is 18.2 Å². The summed E-state index contributed by atoms with van der Waals surface area (Å²) in [6.45, 7) is 2.37. The number of para-hydroxylation sites is 1. The van der Waals surface area contributed by atoms with Gasteiger partial charge in [0.25, 0.3) is 0 Å². The van der Waals surface area contributed by atoms with Crippen LogP contribution >= 0.6 is 0 Å². The number of hydrogen-bond acceptors (Lipinski definition) is 5. The molecule has 0 aliphatic carbocycles. The lowest BCUT2D eigenvalue weighted by Crippen LogP contribution is -2.34. The van der Waals surface area contributed by atoms with Crippen molar-refractivity contribution in [2.75, 3.05) is 34.4 Å². The quantitative estimate of drug-likeness (QED) is 0.600. The number of hydrogen-bond donors (Lipinski definition) is 0. The summed E-state index contributed by atoms with van der Waals surface area (Å²) in [7, 11) is 5.56. The van der Waals surface area contributed by atoms with Gasteiger partial charge in [0.2, 0.25) is 0 Å². The Hall–Kier alpha value is -2.53. The topological polar surface area (TPSA) is 48.0 Å². The smallest absolute Gasteiger partial charge is 0.303 e. The van der Waals surface area contributed by atoms with Gasteiger partial charge in [-0.2, -0.15) is 0 Å². The van der Waals surface area contributed by atoms with Gasteiger partial charge in [-0.3, -0.25) is 4.79 Å². The van der Waals surface area contributed by atoms with E-state index in [0.29, 0.717) is 13.2 Å². The molecule has 2 aromatic carbocycles. The number of ether oxygens (including phenoxy) is 3. The van der Waals surface area contributed by atoms with Crippen LogP contribution < -0.4 is 9.47 Å². The highest BCUT2D eigenvalue weighted by molar-refractivity contribution is 5.66. The van der Waals surface area contributed by atoms with Crippen LogP contribution in [-0.4, -0.2) is 51.3 Å². The minimum atomic E-state index is -0.299. The number of nitrogens with zero attached hydrogens (tertiary/aromatic N) is 1. The Balaban J connectivity index is 1.97. The number of benzene rings is 2. The molecule has 1 atom stereocenters. The lowest BCUT2D eigenvalue weighted by atomic mass is 10.0. The molecular weight excluding hydrogens is 342 g/mol. The SMILES string of the molecule is COc1ccc(CCc2ccccc2OCC(CN(C)C)OC(C)=O)cc1. The molecule has 0 radical (unpaired) electrons. The van der Waals surface area contributed by atoms with Crippen LogP contribution in [0.25, 0.3) is 0 Å². The lowest BCUT2D eigenvalue weighted by Gasteiger charge is -2.22. The summed E-state index contributed by atoms with van der Waals surface area (Å²) >= 11 is 0. The molecule has 2 rings (SSSR count). The van der Waals surface area contributed by atoms with Crippen molar-refractivity contribution in [2.45, 2.75) is 25.9 Å². The van der Waals surface area contributed by atoms with Gasteiger partial charge in [0.15, 0.2) is 0 Å². The van der Waals surface area contributed by atoms with Crippen LogP contribution in [0.1, 0.15) is 18.1 Å². The molecule has 0 amide bonds. The Labute approximate surface area is 161 Å². The fourth-order valence-electron chi connectivity index (χ4n) is 2.87. The zero-order valence-electron chi connectivity index (χ0n) is 16.6. The molecule has 2 aromatic rings. The van der Waals surface area contributed by atoms with E-state index < -0.39 is 0 Å². The zero-order valence-corrected chi connectivity index (χ0v) is 16.6. The molecule has 0 N–H and O–H groups in total. The van der Waals surface area contributed by atoms with Crippen molar-refractivity contribution >= 4 is 5.97 Å². The molecule has 146 valence electrons. The first-order valence-corrected chi connectivity index (χ1v) is 9.13. The molecule has 0 saturated heterocycles. The number of likely N-dealkylation sites (N-methyl/N-ethyl adjacent to an activating group) is 1. The normalized spacial score (nSPS) is 11.9. The highest BCUT2D eigenvalue weighted by atomic mass is 16.6. The number of aryl methyl sites for hydroxylation is 2. The minimum absolute atomic E-state index is 0.293. The Morgan fingerprint density at radius 3 is 2.37 bits per heavy atom. The van der Waals surface area contributed by atoms with Crippen molar-refractivity contribution in [1.82, 2.24) is 4.90 Å². The van der Waals surface area contributed by atoms with E-state index in [0.717, 1.165) is 29.9 Å². The summed E-state index contributed by atoms with van der Waals surface area (Å²) in [5.74, 6) is 1.40. The third kappa shape index (κ3) is 7.31. The standard InChI is InChI=1S/C22H29NO4/c1-17(24)27-21(15-23(2)3)16-26-22-8-6-5-7-19(22)12-9-18-10-13-20(25-4)14-11-18/h5-8,10-11,13-14,21H,9,12,15-16H2,1-4H3. The maximum Gasteiger partial charge on any atom is 0.303 e. The fraction of sp³-hybridized carbons (Fsp3) is 0.409. The van der Waals surface area contributed by atoms with Gasteiger partial charge >= 0.3 is 5.97 Å². The average molecular weight is 371 g/mol. The molecule has 5 heteroatoms. The Morgan fingerprint density at radius 1 is 1.04 bits per heavy atom. The van der Waals surface area contributed by atoms with Gasteiger partial charge in [0.05, 0.1) is 7.11 Å². The van der Waals surface area contributed by atoms with E-state index in [1.807, 2.05) is 49.3 Å². The molecule has 0 heterocycles. The van der Waals surface area contributed by atoms with Gasteiger partial charge in [-0.15, -0.1) is 0 Å². The summed E-state index contributed by atoms with van der Waals surface area (Å²) in [5.41, 5.74) is 2.38. The summed E-state index contributed by atoms with van der Waals surface area (Å²) in [5, 5.41) is 0. The number of rotatable bonds is 10. The fourth-order valence-corrected chi connectivity index (χ4v) is 2.87. The Kier molecular flexibility index (Phi) is 8.14. The van der Waals surface area contributed by atoms with Crippen molar-refractivity contribution in [1.29, 1.82) is 0 Å². The molecule has 0 aromatic heterocycles. The van der Waals surface area contributed by atoms with Gasteiger partial charge in [0, 0.05) is 13.5 Å². The second kappa shape index (κ2) is 10.6. The molecule has 0 bridgehead atoms. The zero-order chi connectivity index (χ0) is 19.6. The van der Waals surface area contributed by atoms with Crippen LogP contribution in [-0.2, 0) is 22.4 Å². The van der Waals surface area contributed by atoms with E-state index in [9.17, 15) is 4.79 Å². The van der Waals surface area contributed by atoms with Crippen LogP contribution in [0.5, 0.6) is 11.5 Å². The van der Waals surface area contributed by atoms with Crippen LogP contribution in [0.3, 0.4) is 0 Å².